The summed E-state index contributed by atoms with van der Waals surface area (Å²) in [6, 6.07) is 3.43. The fourth-order valence-corrected chi connectivity index (χ4v) is 4.54. The van der Waals surface area contributed by atoms with E-state index in [-0.39, 0.29) is 0 Å². The minimum atomic E-state index is -3.38. The highest BCUT2D eigenvalue weighted by Gasteiger charge is 2.15. The first-order chi connectivity index (χ1) is 9.01. The molecule has 2 N–H and O–H groups in total. The van der Waals surface area contributed by atoms with Gasteiger partial charge in [0.15, 0.2) is 5.13 Å². The zero-order valence-electron chi connectivity index (χ0n) is 10.6. The van der Waals surface area contributed by atoms with Crippen LogP contribution in [0.2, 0.25) is 0 Å². The Morgan fingerprint density at radius 2 is 2.16 bits per heavy atom. The molecule has 0 saturated carbocycles. The maximum absolute atomic E-state index is 12.0. The Morgan fingerprint density at radius 1 is 1.37 bits per heavy atom. The average molecular weight is 317 g/mol. The van der Waals surface area contributed by atoms with Gasteiger partial charge in [-0.05, 0) is 19.1 Å². The molecule has 0 spiro atoms. The number of rotatable bonds is 6. The molecule has 8 heteroatoms. The minimum Gasteiger partial charge on any atom is -0.365 e. The van der Waals surface area contributed by atoms with Crippen LogP contribution in [-0.2, 0) is 16.4 Å². The first-order valence-corrected chi connectivity index (χ1v) is 8.87. The number of sulfonamides is 1. The van der Waals surface area contributed by atoms with Gasteiger partial charge in [0.05, 0.1) is 5.69 Å². The molecule has 0 aliphatic rings. The molecule has 2 heterocycles. The van der Waals surface area contributed by atoms with Crippen LogP contribution in [-0.4, -0.2) is 27.0 Å². The van der Waals surface area contributed by atoms with Crippen LogP contribution in [0.25, 0.3) is 0 Å². The third-order valence-corrected chi connectivity index (χ3v) is 6.28. The summed E-state index contributed by atoms with van der Waals surface area (Å²) in [4.78, 5) is 5.29. The summed E-state index contributed by atoms with van der Waals surface area (Å²) in [6.45, 7) is 2.24. The van der Waals surface area contributed by atoms with Gasteiger partial charge in [-0.3, -0.25) is 0 Å². The highest BCUT2D eigenvalue weighted by Crippen LogP contribution is 2.20. The van der Waals surface area contributed by atoms with Crippen molar-refractivity contribution in [1.82, 2.24) is 9.71 Å². The average Bonchev–Trinajstić information content (AvgIpc) is 2.98. The van der Waals surface area contributed by atoms with Crippen LogP contribution in [0.15, 0.2) is 21.7 Å². The molecule has 0 bridgehead atoms. The number of nitrogens with one attached hydrogen (secondary N) is 2. The summed E-state index contributed by atoms with van der Waals surface area (Å²) < 4.78 is 26.9. The maximum atomic E-state index is 12.0. The highest BCUT2D eigenvalue weighted by atomic mass is 32.2. The van der Waals surface area contributed by atoms with Gasteiger partial charge in [-0.15, -0.1) is 22.7 Å². The zero-order chi connectivity index (χ0) is 13.9. The molecule has 0 unspecified atom stereocenters. The summed E-state index contributed by atoms with van der Waals surface area (Å²) in [6.07, 6.45) is 0.585. The molecule has 0 amide bonds. The van der Waals surface area contributed by atoms with Crippen LogP contribution >= 0.6 is 22.7 Å². The second-order valence-electron chi connectivity index (χ2n) is 3.91. The van der Waals surface area contributed by atoms with Gasteiger partial charge in [0.25, 0.3) is 0 Å². The number of nitrogens with zero attached hydrogens (tertiary/aromatic N) is 1. The van der Waals surface area contributed by atoms with E-state index in [1.165, 1.54) is 22.7 Å². The third kappa shape index (κ3) is 3.75. The molecule has 0 aromatic carbocycles. The van der Waals surface area contributed by atoms with Crippen molar-refractivity contribution < 1.29 is 8.42 Å². The van der Waals surface area contributed by atoms with Gasteiger partial charge >= 0.3 is 0 Å². The van der Waals surface area contributed by atoms with Crippen LogP contribution < -0.4 is 10.0 Å². The van der Waals surface area contributed by atoms with Gasteiger partial charge < -0.3 is 5.32 Å². The predicted molar refractivity (Wildman–Crippen MR) is 79.6 cm³/mol. The van der Waals surface area contributed by atoms with Crippen molar-refractivity contribution in [2.24, 2.45) is 0 Å². The molecule has 2 aromatic rings. The molecular weight excluding hydrogens is 302 g/mol. The van der Waals surface area contributed by atoms with E-state index in [1.54, 1.807) is 12.1 Å². The van der Waals surface area contributed by atoms with E-state index < -0.39 is 10.0 Å². The fourth-order valence-electron chi connectivity index (χ4n) is 1.48. The van der Waals surface area contributed by atoms with Crippen molar-refractivity contribution >= 4 is 37.8 Å². The molecule has 19 heavy (non-hydrogen) atoms. The molecule has 2 aromatic heterocycles. The second kappa shape index (κ2) is 6.00. The quantitative estimate of drug-likeness (QED) is 0.855. The molecular formula is C11H15N3O2S3. The van der Waals surface area contributed by atoms with E-state index in [2.05, 4.69) is 15.0 Å². The molecule has 0 fully saturated rings. The van der Waals surface area contributed by atoms with Crippen molar-refractivity contribution in [3.05, 3.63) is 28.1 Å². The first kappa shape index (κ1) is 14.4. The minimum absolute atomic E-state index is 0.353. The van der Waals surface area contributed by atoms with Crippen molar-refractivity contribution in [2.45, 2.75) is 17.6 Å². The number of thiophene rings is 1. The van der Waals surface area contributed by atoms with E-state index in [9.17, 15) is 8.42 Å². The number of aryl methyl sites for hydroxylation is 1. The van der Waals surface area contributed by atoms with Crippen molar-refractivity contribution in [1.29, 1.82) is 0 Å². The summed E-state index contributed by atoms with van der Waals surface area (Å²) in [7, 11) is -1.57. The molecule has 0 aliphatic heterocycles. The van der Waals surface area contributed by atoms with E-state index in [1.807, 2.05) is 19.4 Å². The van der Waals surface area contributed by atoms with Gasteiger partial charge in [-0.2, -0.15) is 0 Å². The molecule has 0 atom stereocenters. The normalized spacial score (nSPS) is 11.7. The SMILES string of the molecule is CNc1nc(CCNS(=O)(=O)c2ccc(C)s2)cs1. The van der Waals surface area contributed by atoms with Gasteiger partial charge in [0.1, 0.15) is 4.21 Å². The van der Waals surface area contributed by atoms with Crippen LogP contribution in [0.3, 0.4) is 0 Å². The van der Waals surface area contributed by atoms with Crippen LogP contribution in [0.5, 0.6) is 0 Å². The van der Waals surface area contributed by atoms with Gasteiger partial charge in [0.2, 0.25) is 10.0 Å². The maximum Gasteiger partial charge on any atom is 0.250 e. The molecule has 0 aliphatic carbocycles. The zero-order valence-corrected chi connectivity index (χ0v) is 13.1. The predicted octanol–water partition coefficient (Wildman–Crippen LogP) is 2.08. The lowest BCUT2D eigenvalue weighted by atomic mass is 10.3. The number of aromatic nitrogens is 1. The molecule has 0 radical (unpaired) electrons. The molecule has 0 saturated heterocycles. The summed E-state index contributed by atoms with van der Waals surface area (Å²) in [5.41, 5.74) is 0.888. The van der Waals surface area contributed by atoms with Crippen molar-refractivity contribution in [3.63, 3.8) is 0 Å². The number of hydrogen-bond acceptors (Lipinski definition) is 6. The Hall–Kier alpha value is -0.960. The largest absolute Gasteiger partial charge is 0.365 e. The van der Waals surface area contributed by atoms with Crippen molar-refractivity contribution in [2.75, 3.05) is 18.9 Å². The molecule has 2 rings (SSSR count). The second-order valence-corrected chi connectivity index (χ2v) is 8.05. The Balaban J connectivity index is 1.91. The lowest BCUT2D eigenvalue weighted by Gasteiger charge is -2.03. The summed E-state index contributed by atoms with van der Waals surface area (Å²) in [5.74, 6) is 0. The number of thiazole rings is 1. The first-order valence-electron chi connectivity index (χ1n) is 5.69. The number of anilines is 1. The topological polar surface area (TPSA) is 71.1 Å². The Labute approximate surface area is 120 Å². The van der Waals surface area contributed by atoms with Gasteiger partial charge in [-0.25, -0.2) is 18.1 Å². The lowest BCUT2D eigenvalue weighted by molar-refractivity contribution is 0.583. The monoisotopic (exact) mass is 317 g/mol. The Morgan fingerprint density at radius 3 is 2.74 bits per heavy atom. The molecule has 104 valence electrons. The molecule has 5 nitrogen and oxygen atoms in total. The standard InChI is InChI=1S/C11H15N3O2S3/c1-8-3-4-10(18-8)19(15,16)13-6-5-9-7-17-11(12-2)14-9/h3-4,7,13H,5-6H2,1-2H3,(H,12,14). The third-order valence-electron chi connectivity index (χ3n) is 2.42. The van der Waals surface area contributed by atoms with Crippen LogP contribution in [0.4, 0.5) is 5.13 Å². The van der Waals surface area contributed by atoms with E-state index in [4.69, 9.17) is 0 Å². The van der Waals surface area contributed by atoms with Crippen LogP contribution in [0.1, 0.15) is 10.6 Å². The summed E-state index contributed by atoms with van der Waals surface area (Å²) in [5, 5.41) is 5.72. The van der Waals surface area contributed by atoms with E-state index >= 15 is 0 Å². The van der Waals surface area contributed by atoms with E-state index in [0.717, 1.165) is 15.7 Å². The van der Waals surface area contributed by atoms with Crippen LogP contribution in [0, 0.1) is 6.92 Å². The van der Waals surface area contributed by atoms with Crippen molar-refractivity contribution in [3.8, 4) is 0 Å². The lowest BCUT2D eigenvalue weighted by Crippen LogP contribution is -2.25. The Bertz CT molecular complexity index is 646. The fraction of sp³-hybridized carbons (Fsp3) is 0.364. The van der Waals surface area contributed by atoms with Gasteiger partial charge in [-0.1, -0.05) is 0 Å². The van der Waals surface area contributed by atoms with Gasteiger partial charge in [0, 0.05) is 30.3 Å². The number of hydrogen-bond donors (Lipinski definition) is 2. The summed E-state index contributed by atoms with van der Waals surface area (Å²) >= 11 is 2.78. The smallest absolute Gasteiger partial charge is 0.250 e. The highest BCUT2D eigenvalue weighted by molar-refractivity contribution is 7.91. The van der Waals surface area contributed by atoms with E-state index in [0.29, 0.717) is 17.2 Å². The Kier molecular flexibility index (Phi) is 4.56.